The van der Waals surface area contributed by atoms with Gasteiger partial charge in [-0.25, -0.2) is 8.78 Å². The summed E-state index contributed by atoms with van der Waals surface area (Å²) in [5.74, 6) is -3.57. The number of carbonyl (C=O) groups is 1. The number of hydrogen-bond donors (Lipinski definition) is 1. The fraction of sp³-hybridized carbons (Fsp3) is 0.364. The minimum absolute atomic E-state index is 0.184. The smallest absolute Gasteiger partial charge is 0.285 e. The molecule has 0 heterocycles. The Morgan fingerprint density at radius 2 is 2.05 bits per heavy atom. The molecule has 104 valence electrons. The van der Waals surface area contributed by atoms with Crippen LogP contribution in [0.5, 0.6) is 0 Å². The minimum Gasteiger partial charge on any atom is -0.383 e. The fourth-order valence-corrected chi connectivity index (χ4v) is 1.46. The van der Waals surface area contributed by atoms with E-state index < -0.39 is 39.8 Å². The van der Waals surface area contributed by atoms with Crippen LogP contribution >= 0.6 is 0 Å². The zero-order valence-corrected chi connectivity index (χ0v) is 10.3. The standard InChI is InChI=1S/C11H12F2N2O4/c1-6(5-19-2)14-11(16)7-3-8(12)9(13)4-10(7)15(17)18/h3-4,6H,5H2,1-2H3,(H,14,16). The van der Waals surface area contributed by atoms with Gasteiger partial charge in [0.1, 0.15) is 5.56 Å². The van der Waals surface area contributed by atoms with Gasteiger partial charge in [0.25, 0.3) is 11.6 Å². The molecule has 0 bridgehead atoms. The summed E-state index contributed by atoms with van der Waals surface area (Å²) in [5, 5.41) is 13.1. The van der Waals surface area contributed by atoms with E-state index in [2.05, 4.69) is 5.32 Å². The molecule has 1 rings (SSSR count). The summed E-state index contributed by atoms with van der Waals surface area (Å²) < 4.78 is 30.8. The lowest BCUT2D eigenvalue weighted by molar-refractivity contribution is -0.385. The summed E-state index contributed by atoms with van der Waals surface area (Å²) in [4.78, 5) is 21.5. The first-order valence-corrected chi connectivity index (χ1v) is 5.30. The molecule has 1 atom stereocenters. The molecule has 1 aromatic rings. The van der Waals surface area contributed by atoms with Crippen molar-refractivity contribution in [3.63, 3.8) is 0 Å². The number of benzene rings is 1. The number of amides is 1. The molecule has 0 aliphatic heterocycles. The summed E-state index contributed by atoms with van der Waals surface area (Å²) in [7, 11) is 1.42. The third kappa shape index (κ3) is 3.68. The molecule has 1 aromatic carbocycles. The predicted molar refractivity (Wildman–Crippen MR) is 61.8 cm³/mol. The van der Waals surface area contributed by atoms with E-state index in [1.54, 1.807) is 6.92 Å². The first kappa shape index (κ1) is 15.0. The van der Waals surface area contributed by atoms with Crippen molar-refractivity contribution in [2.24, 2.45) is 0 Å². The van der Waals surface area contributed by atoms with Crippen molar-refractivity contribution in [3.8, 4) is 0 Å². The molecule has 0 aliphatic carbocycles. The van der Waals surface area contributed by atoms with Crippen molar-refractivity contribution >= 4 is 11.6 Å². The van der Waals surface area contributed by atoms with Gasteiger partial charge in [0.05, 0.1) is 17.6 Å². The second kappa shape index (κ2) is 6.19. The highest BCUT2D eigenvalue weighted by Crippen LogP contribution is 2.22. The van der Waals surface area contributed by atoms with Crippen molar-refractivity contribution < 1.29 is 23.2 Å². The second-order valence-corrected chi connectivity index (χ2v) is 3.87. The second-order valence-electron chi connectivity index (χ2n) is 3.87. The number of hydrogen-bond acceptors (Lipinski definition) is 4. The average molecular weight is 274 g/mol. The zero-order chi connectivity index (χ0) is 14.6. The van der Waals surface area contributed by atoms with Crippen molar-refractivity contribution in [1.29, 1.82) is 0 Å². The van der Waals surface area contributed by atoms with Gasteiger partial charge in [0.2, 0.25) is 0 Å². The molecule has 1 N–H and O–H groups in total. The third-order valence-corrected chi connectivity index (χ3v) is 2.27. The molecule has 0 fully saturated rings. The fourth-order valence-electron chi connectivity index (χ4n) is 1.46. The van der Waals surface area contributed by atoms with E-state index in [9.17, 15) is 23.7 Å². The SMILES string of the molecule is COCC(C)NC(=O)c1cc(F)c(F)cc1[N+](=O)[O-]. The number of rotatable bonds is 5. The van der Waals surface area contributed by atoms with E-state index in [0.29, 0.717) is 12.1 Å². The third-order valence-electron chi connectivity index (χ3n) is 2.27. The average Bonchev–Trinajstić information content (AvgIpc) is 2.31. The molecule has 8 heteroatoms. The number of ether oxygens (including phenoxy) is 1. The molecular formula is C11H12F2N2O4. The van der Waals surface area contributed by atoms with Crippen LogP contribution in [0.2, 0.25) is 0 Å². The van der Waals surface area contributed by atoms with Crippen molar-refractivity contribution in [2.75, 3.05) is 13.7 Å². The number of halogens is 2. The Morgan fingerprint density at radius 3 is 2.58 bits per heavy atom. The summed E-state index contributed by atoms with van der Waals surface area (Å²) in [6, 6.07) is 0.457. The van der Waals surface area contributed by atoms with Crippen LogP contribution in [-0.4, -0.2) is 30.6 Å². The maximum atomic E-state index is 13.1. The number of nitro groups is 1. The molecule has 0 saturated heterocycles. The minimum atomic E-state index is -1.38. The van der Waals surface area contributed by atoms with Gasteiger partial charge < -0.3 is 10.1 Å². The van der Waals surface area contributed by atoms with E-state index in [1.807, 2.05) is 0 Å². The van der Waals surface area contributed by atoms with E-state index >= 15 is 0 Å². The van der Waals surface area contributed by atoms with E-state index in [-0.39, 0.29) is 6.61 Å². The van der Waals surface area contributed by atoms with Gasteiger partial charge >= 0.3 is 0 Å². The first-order chi connectivity index (χ1) is 8.86. The van der Waals surface area contributed by atoms with Crippen LogP contribution in [0.4, 0.5) is 14.5 Å². The van der Waals surface area contributed by atoms with E-state index in [4.69, 9.17) is 4.74 Å². The van der Waals surface area contributed by atoms with Crippen molar-refractivity contribution in [2.45, 2.75) is 13.0 Å². The van der Waals surface area contributed by atoms with E-state index in [1.165, 1.54) is 7.11 Å². The van der Waals surface area contributed by atoms with Gasteiger partial charge in [-0.05, 0) is 13.0 Å². The topological polar surface area (TPSA) is 81.5 Å². The van der Waals surface area contributed by atoms with Crippen LogP contribution in [-0.2, 0) is 4.74 Å². The van der Waals surface area contributed by atoms with Gasteiger partial charge in [-0.2, -0.15) is 0 Å². The monoisotopic (exact) mass is 274 g/mol. The Labute approximate surface area is 107 Å². The largest absolute Gasteiger partial charge is 0.383 e. The highest BCUT2D eigenvalue weighted by Gasteiger charge is 2.24. The molecule has 19 heavy (non-hydrogen) atoms. The van der Waals surface area contributed by atoms with Crippen LogP contribution in [0, 0.1) is 21.7 Å². The first-order valence-electron chi connectivity index (χ1n) is 5.30. The summed E-state index contributed by atoms with van der Waals surface area (Å²) in [6.07, 6.45) is 0. The Morgan fingerprint density at radius 1 is 1.47 bits per heavy atom. The highest BCUT2D eigenvalue weighted by molar-refractivity contribution is 5.98. The molecule has 0 radical (unpaired) electrons. The van der Waals surface area contributed by atoms with Crippen LogP contribution in [0.3, 0.4) is 0 Å². The lowest BCUT2D eigenvalue weighted by atomic mass is 10.1. The number of nitro benzene ring substituents is 1. The van der Waals surface area contributed by atoms with Crippen molar-refractivity contribution in [3.05, 3.63) is 39.4 Å². The summed E-state index contributed by atoms with van der Waals surface area (Å²) in [6.45, 7) is 1.79. The molecule has 1 unspecified atom stereocenters. The molecule has 0 aliphatic rings. The van der Waals surface area contributed by atoms with Gasteiger partial charge in [0.15, 0.2) is 11.6 Å². The Balaban J connectivity index is 3.08. The van der Waals surface area contributed by atoms with Gasteiger partial charge in [0, 0.05) is 13.2 Å². The quantitative estimate of drug-likeness (QED) is 0.653. The van der Waals surface area contributed by atoms with E-state index in [0.717, 1.165) is 0 Å². The van der Waals surface area contributed by atoms with Gasteiger partial charge in [-0.15, -0.1) is 0 Å². The Kier molecular flexibility index (Phi) is 4.87. The maximum absolute atomic E-state index is 13.1. The van der Waals surface area contributed by atoms with Crippen LogP contribution in [0.1, 0.15) is 17.3 Å². The summed E-state index contributed by atoms with van der Waals surface area (Å²) >= 11 is 0. The predicted octanol–water partition coefficient (Wildman–Crippen LogP) is 1.64. The number of nitrogens with zero attached hydrogens (tertiary/aromatic N) is 1. The zero-order valence-electron chi connectivity index (χ0n) is 10.3. The van der Waals surface area contributed by atoms with Gasteiger partial charge in [-0.3, -0.25) is 14.9 Å². The molecule has 1 amide bonds. The summed E-state index contributed by atoms with van der Waals surface area (Å²) in [5.41, 5.74) is -1.33. The van der Waals surface area contributed by atoms with Crippen LogP contribution in [0.15, 0.2) is 12.1 Å². The molecule has 0 saturated carbocycles. The molecule has 0 aromatic heterocycles. The number of carbonyl (C=O) groups excluding carboxylic acids is 1. The molecule has 0 spiro atoms. The van der Waals surface area contributed by atoms with Crippen molar-refractivity contribution in [1.82, 2.24) is 5.32 Å². The lowest BCUT2D eigenvalue weighted by Crippen LogP contribution is -2.36. The highest BCUT2D eigenvalue weighted by atomic mass is 19.2. The Hall–Kier alpha value is -2.09. The van der Waals surface area contributed by atoms with Gasteiger partial charge in [-0.1, -0.05) is 0 Å². The molecule has 6 nitrogen and oxygen atoms in total. The maximum Gasteiger partial charge on any atom is 0.285 e. The lowest BCUT2D eigenvalue weighted by Gasteiger charge is -2.12. The number of nitrogens with one attached hydrogen (secondary N) is 1. The van der Waals surface area contributed by atoms with Crippen LogP contribution < -0.4 is 5.32 Å². The van der Waals surface area contributed by atoms with Crippen LogP contribution in [0.25, 0.3) is 0 Å². The number of methoxy groups -OCH3 is 1. The Bertz CT molecular complexity index is 508. The normalized spacial score (nSPS) is 12.0. The molecular weight excluding hydrogens is 262 g/mol.